The molecule has 0 aliphatic heterocycles. The standard InChI is InChI=1S/C8H12ClF3O/c1-3-7(2,4-9)5-13-6-8(10,11)12/h3H,1,4-6H2,2H3. The van der Waals surface area contributed by atoms with Crippen molar-refractivity contribution in [3.8, 4) is 0 Å². The van der Waals surface area contributed by atoms with Gasteiger partial charge in [-0.3, -0.25) is 0 Å². The fourth-order valence-electron chi connectivity index (χ4n) is 0.552. The van der Waals surface area contributed by atoms with E-state index in [0.29, 0.717) is 0 Å². The van der Waals surface area contributed by atoms with Crippen molar-refractivity contribution in [2.75, 3.05) is 19.1 Å². The van der Waals surface area contributed by atoms with Crippen molar-refractivity contribution in [2.45, 2.75) is 13.1 Å². The summed E-state index contributed by atoms with van der Waals surface area (Å²) in [5.74, 6) is 0.189. The summed E-state index contributed by atoms with van der Waals surface area (Å²) >= 11 is 5.53. The highest BCUT2D eigenvalue weighted by atomic mass is 35.5. The van der Waals surface area contributed by atoms with E-state index < -0.39 is 18.2 Å². The predicted molar refractivity (Wildman–Crippen MR) is 45.9 cm³/mol. The van der Waals surface area contributed by atoms with Crippen LogP contribution >= 0.6 is 11.6 Å². The molecule has 1 nitrogen and oxygen atoms in total. The lowest BCUT2D eigenvalue weighted by molar-refractivity contribution is -0.177. The fourth-order valence-corrected chi connectivity index (χ4v) is 0.738. The monoisotopic (exact) mass is 216 g/mol. The Kier molecular flexibility index (Phi) is 4.78. The zero-order valence-corrected chi connectivity index (χ0v) is 8.08. The van der Waals surface area contributed by atoms with Gasteiger partial charge < -0.3 is 4.74 Å². The third-order valence-corrected chi connectivity index (χ3v) is 2.11. The molecule has 0 amide bonds. The lowest BCUT2D eigenvalue weighted by Crippen LogP contribution is -2.26. The first-order valence-electron chi connectivity index (χ1n) is 3.67. The molecule has 1 unspecified atom stereocenters. The molecule has 0 aliphatic carbocycles. The van der Waals surface area contributed by atoms with E-state index in [4.69, 9.17) is 11.6 Å². The average molecular weight is 217 g/mol. The lowest BCUT2D eigenvalue weighted by atomic mass is 9.95. The molecule has 13 heavy (non-hydrogen) atoms. The molecule has 0 spiro atoms. The zero-order valence-electron chi connectivity index (χ0n) is 7.33. The Morgan fingerprint density at radius 1 is 1.38 bits per heavy atom. The van der Waals surface area contributed by atoms with Crippen LogP contribution in [0.25, 0.3) is 0 Å². The summed E-state index contributed by atoms with van der Waals surface area (Å²) < 4.78 is 39.4. The Hall–Kier alpha value is -0.220. The molecule has 0 saturated carbocycles. The van der Waals surface area contributed by atoms with Crippen LogP contribution in [0.3, 0.4) is 0 Å². The van der Waals surface area contributed by atoms with E-state index in [1.54, 1.807) is 6.92 Å². The minimum atomic E-state index is -4.28. The van der Waals surface area contributed by atoms with Gasteiger partial charge in [-0.15, -0.1) is 18.2 Å². The molecule has 0 rings (SSSR count). The molecule has 78 valence electrons. The first-order valence-corrected chi connectivity index (χ1v) is 4.20. The molecule has 0 radical (unpaired) electrons. The van der Waals surface area contributed by atoms with Gasteiger partial charge >= 0.3 is 6.18 Å². The molecule has 0 N–H and O–H groups in total. The number of alkyl halides is 4. The number of ether oxygens (including phenoxy) is 1. The van der Waals surface area contributed by atoms with Gasteiger partial charge in [-0.2, -0.15) is 13.2 Å². The first-order chi connectivity index (χ1) is 5.83. The maximum atomic E-state index is 11.7. The van der Waals surface area contributed by atoms with Crippen LogP contribution in [0.5, 0.6) is 0 Å². The van der Waals surface area contributed by atoms with Crippen LogP contribution in [0, 0.1) is 5.41 Å². The van der Waals surface area contributed by atoms with Crippen LogP contribution < -0.4 is 0 Å². The smallest absolute Gasteiger partial charge is 0.371 e. The summed E-state index contributed by atoms with van der Waals surface area (Å²) in [6, 6.07) is 0. The largest absolute Gasteiger partial charge is 0.411 e. The van der Waals surface area contributed by atoms with Gasteiger partial charge in [0.2, 0.25) is 0 Å². The lowest BCUT2D eigenvalue weighted by Gasteiger charge is -2.22. The number of halogens is 4. The third-order valence-electron chi connectivity index (χ3n) is 1.50. The van der Waals surface area contributed by atoms with E-state index in [1.807, 2.05) is 0 Å². The van der Waals surface area contributed by atoms with Crippen molar-refractivity contribution in [2.24, 2.45) is 5.41 Å². The van der Waals surface area contributed by atoms with E-state index in [1.165, 1.54) is 6.08 Å². The second kappa shape index (κ2) is 4.86. The van der Waals surface area contributed by atoms with Gasteiger partial charge in [-0.05, 0) is 0 Å². The number of hydrogen-bond acceptors (Lipinski definition) is 1. The van der Waals surface area contributed by atoms with Gasteiger partial charge in [0.25, 0.3) is 0 Å². The van der Waals surface area contributed by atoms with Crippen molar-refractivity contribution in [3.63, 3.8) is 0 Å². The Balaban J connectivity index is 3.81. The normalized spacial score (nSPS) is 16.7. The van der Waals surface area contributed by atoms with Gasteiger partial charge in [0, 0.05) is 11.3 Å². The zero-order chi connectivity index (χ0) is 10.5. The Labute approximate surface area is 80.5 Å². The first kappa shape index (κ1) is 12.8. The quantitative estimate of drug-likeness (QED) is 0.507. The van der Waals surface area contributed by atoms with Crippen LogP contribution in [0.1, 0.15) is 6.92 Å². The third kappa shape index (κ3) is 5.93. The summed E-state index contributed by atoms with van der Waals surface area (Å²) in [4.78, 5) is 0. The van der Waals surface area contributed by atoms with Crippen LogP contribution in [0.2, 0.25) is 0 Å². The molecule has 0 bridgehead atoms. The van der Waals surface area contributed by atoms with Crippen molar-refractivity contribution in [3.05, 3.63) is 12.7 Å². The maximum absolute atomic E-state index is 11.7. The highest BCUT2D eigenvalue weighted by Gasteiger charge is 2.29. The summed E-state index contributed by atoms with van der Waals surface area (Å²) in [5.41, 5.74) is -0.590. The molecule has 0 aromatic carbocycles. The van der Waals surface area contributed by atoms with Crippen molar-refractivity contribution in [1.29, 1.82) is 0 Å². The van der Waals surface area contributed by atoms with Crippen molar-refractivity contribution < 1.29 is 17.9 Å². The minimum absolute atomic E-state index is 0.0699. The van der Waals surface area contributed by atoms with Gasteiger partial charge in [0.15, 0.2) is 0 Å². The van der Waals surface area contributed by atoms with E-state index >= 15 is 0 Å². The van der Waals surface area contributed by atoms with Gasteiger partial charge in [-0.1, -0.05) is 13.0 Å². The van der Waals surface area contributed by atoms with E-state index in [9.17, 15) is 13.2 Å². The maximum Gasteiger partial charge on any atom is 0.411 e. The number of rotatable bonds is 5. The fraction of sp³-hybridized carbons (Fsp3) is 0.750. The Bertz CT molecular complexity index is 169. The van der Waals surface area contributed by atoms with Crippen LogP contribution in [-0.2, 0) is 4.74 Å². The molecule has 0 heterocycles. The van der Waals surface area contributed by atoms with Crippen molar-refractivity contribution in [1.82, 2.24) is 0 Å². The van der Waals surface area contributed by atoms with Gasteiger partial charge in [-0.25, -0.2) is 0 Å². The molecular weight excluding hydrogens is 205 g/mol. The second-order valence-electron chi connectivity index (χ2n) is 3.10. The minimum Gasteiger partial charge on any atom is -0.371 e. The van der Waals surface area contributed by atoms with E-state index in [2.05, 4.69) is 11.3 Å². The molecule has 0 saturated heterocycles. The molecule has 0 fully saturated rings. The number of hydrogen-bond donors (Lipinski definition) is 0. The predicted octanol–water partition coefficient (Wildman–Crippen LogP) is 3.00. The molecular formula is C8H12ClF3O. The molecule has 5 heteroatoms. The van der Waals surface area contributed by atoms with Gasteiger partial charge in [0.1, 0.15) is 6.61 Å². The highest BCUT2D eigenvalue weighted by Crippen LogP contribution is 2.22. The Morgan fingerprint density at radius 3 is 2.23 bits per heavy atom. The van der Waals surface area contributed by atoms with Crippen LogP contribution in [-0.4, -0.2) is 25.3 Å². The SMILES string of the molecule is C=CC(C)(CCl)COCC(F)(F)F. The molecule has 0 aliphatic rings. The summed E-state index contributed by atoms with van der Waals surface area (Å²) in [7, 11) is 0. The topological polar surface area (TPSA) is 9.23 Å². The molecule has 0 aromatic rings. The summed E-state index contributed by atoms with van der Waals surface area (Å²) in [5, 5.41) is 0. The van der Waals surface area contributed by atoms with Gasteiger partial charge in [0.05, 0.1) is 6.61 Å². The van der Waals surface area contributed by atoms with Crippen LogP contribution in [0.15, 0.2) is 12.7 Å². The van der Waals surface area contributed by atoms with Crippen molar-refractivity contribution >= 4 is 11.6 Å². The average Bonchev–Trinajstić information content (AvgIpc) is 2.02. The molecule has 1 atom stereocenters. The summed E-state index contributed by atoms with van der Waals surface area (Å²) in [6.45, 7) is 3.84. The van der Waals surface area contributed by atoms with E-state index in [-0.39, 0.29) is 12.5 Å². The van der Waals surface area contributed by atoms with Crippen LogP contribution in [0.4, 0.5) is 13.2 Å². The highest BCUT2D eigenvalue weighted by molar-refractivity contribution is 6.18. The van der Waals surface area contributed by atoms with E-state index in [0.717, 1.165) is 0 Å². The molecule has 0 aromatic heterocycles. The summed E-state index contributed by atoms with van der Waals surface area (Å²) in [6.07, 6.45) is -2.79. The Morgan fingerprint density at radius 2 is 1.92 bits per heavy atom. The second-order valence-corrected chi connectivity index (χ2v) is 3.37.